The van der Waals surface area contributed by atoms with Crippen molar-refractivity contribution in [1.29, 1.82) is 0 Å². The Bertz CT molecular complexity index is 214. The van der Waals surface area contributed by atoms with Gasteiger partial charge < -0.3 is 0 Å². The van der Waals surface area contributed by atoms with Crippen molar-refractivity contribution in [3.05, 3.63) is 0 Å². The second-order valence-corrected chi connectivity index (χ2v) is 8.38. The Morgan fingerprint density at radius 1 is 0.895 bits per heavy atom. The maximum atomic E-state index is 3.78. The van der Waals surface area contributed by atoms with E-state index in [0.29, 0.717) is 5.41 Å². The molecule has 1 rings (SSSR count). The highest BCUT2D eigenvalue weighted by atomic mass is 79.9. The van der Waals surface area contributed by atoms with Gasteiger partial charge in [-0.25, -0.2) is 0 Å². The number of hydrogen-bond acceptors (Lipinski definition) is 0. The second kappa shape index (κ2) is 10.2. The van der Waals surface area contributed by atoms with Gasteiger partial charge in [-0.05, 0) is 31.1 Å². The largest absolute Gasteiger partial charge is 0.0890 e. The van der Waals surface area contributed by atoms with Crippen LogP contribution < -0.4 is 0 Å². The van der Waals surface area contributed by atoms with Crippen LogP contribution in [0.5, 0.6) is 0 Å². The second-order valence-electron chi connectivity index (χ2n) is 7.08. The van der Waals surface area contributed by atoms with Gasteiger partial charge in [0.15, 0.2) is 0 Å². The van der Waals surface area contributed by atoms with Crippen molar-refractivity contribution in [3.63, 3.8) is 0 Å². The van der Waals surface area contributed by atoms with Gasteiger partial charge in [0, 0.05) is 4.83 Å². The average molecular weight is 331 g/mol. The van der Waals surface area contributed by atoms with Crippen LogP contribution in [-0.4, -0.2) is 4.83 Å². The molecule has 114 valence electrons. The van der Waals surface area contributed by atoms with Gasteiger partial charge in [-0.3, -0.25) is 0 Å². The minimum absolute atomic E-state index is 0.661. The van der Waals surface area contributed by atoms with Crippen LogP contribution >= 0.6 is 15.9 Å². The van der Waals surface area contributed by atoms with E-state index in [4.69, 9.17) is 0 Å². The monoisotopic (exact) mass is 330 g/mol. The first-order valence-corrected chi connectivity index (χ1v) is 9.72. The van der Waals surface area contributed by atoms with E-state index >= 15 is 0 Å². The molecule has 0 bridgehead atoms. The molecule has 2 atom stereocenters. The Balaban J connectivity index is 1.84. The van der Waals surface area contributed by atoms with Crippen LogP contribution in [-0.2, 0) is 0 Å². The molecule has 1 aliphatic carbocycles. The van der Waals surface area contributed by atoms with E-state index in [9.17, 15) is 0 Å². The van der Waals surface area contributed by atoms with Gasteiger partial charge >= 0.3 is 0 Å². The van der Waals surface area contributed by atoms with Crippen molar-refractivity contribution in [2.24, 2.45) is 5.41 Å². The molecule has 1 aliphatic rings. The molecular formula is C18H35Br. The first-order valence-electron chi connectivity index (χ1n) is 8.80. The molecule has 1 saturated carbocycles. The summed E-state index contributed by atoms with van der Waals surface area (Å²) in [5.74, 6) is 0. The summed E-state index contributed by atoms with van der Waals surface area (Å²) in [4.78, 5) is 0.806. The Labute approximate surface area is 130 Å². The normalized spacial score (nSPS) is 27.0. The molecule has 0 aromatic heterocycles. The molecule has 0 aromatic rings. The Morgan fingerprint density at radius 2 is 1.42 bits per heavy atom. The summed E-state index contributed by atoms with van der Waals surface area (Å²) in [6.45, 7) is 4.80. The summed E-state index contributed by atoms with van der Waals surface area (Å²) in [6, 6.07) is 0. The minimum atomic E-state index is 0.661. The molecule has 0 saturated heterocycles. The van der Waals surface area contributed by atoms with E-state index in [1.54, 1.807) is 0 Å². The van der Waals surface area contributed by atoms with Gasteiger partial charge in [0.1, 0.15) is 0 Å². The van der Waals surface area contributed by atoms with Crippen LogP contribution in [0.4, 0.5) is 0 Å². The van der Waals surface area contributed by atoms with Gasteiger partial charge in [-0.2, -0.15) is 0 Å². The number of halogens is 1. The van der Waals surface area contributed by atoms with Crippen LogP contribution in [0.2, 0.25) is 0 Å². The SMILES string of the molecule is CCCCCCCCCCCCC1(C)CCC(Br)C1. The molecule has 0 amide bonds. The number of alkyl halides is 1. The predicted molar refractivity (Wildman–Crippen MR) is 91.1 cm³/mol. The third-order valence-corrected chi connectivity index (χ3v) is 5.69. The van der Waals surface area contributed by atoms with E-state index in [1.807, 2.05) is 0 Å². The summed E-state index contributed by atoms with van der Waals surface area (Å²) >= 11 is 3.78. The van der Waals surface area contributed by atoms with E-state index in [-0.39, 0.29) is 0 Å². The summed E-state index contributed by atoms with van der Waals surface area (Å²) in [7, 11) is 0. The summed E-state index contributed by atoms with van der Waals surface area (Å²) in [5, 5.41) is 0. The van der Waals surface area contributed by atoms with Gasteiger partial charge in [0.2, 0.25) is 0 Å². The van der Waals surface area contributed by atoms with Crippen molar-refractivity contribution < 1.29 is 0 Å². The molecule has 1 fully saturated rings. The van der Waals surface area contributed by atoms with Crippen molar-refractivity contribution >= 4 is 15.9 Å². The van der Waals surface area contributed by atoms with E-state index in [2.05, 4.69) is 29.8 Å². The molecule has 0 radical (unpaired) electrons. The maximum Gasteiger partial charge on any atom is 0.0151 e. The van der Waals surface area contributed by atoms with Crippen molar-refractivity contribution in [2.45, 2.75) is 109 Å². The highest BCUT2D eigenvalue weighted by molar-refractivity contribution is 9.09. The first kappa shape index (κ1) is 17.5. The molecule has 19 heavy (non-hydrogen) atoms. The van der Waals surface area contributed by atoms with Crippen LogP contribution in [0.25, 0.3) is 0 Å². The fourth-order valence-corrected chi connectivity index (χ4v) is 4.52. The third kappa shape index (κ3) is 8.38. The first-order chi connectivity index (χ1) is 9.16. The third-order valence-electron chi connectivity index (χ3n) is 4.91. The molecular weight excluding hydrogens is 296 g/mol. The summed E-state index contributed by atoms with van der Waals surface area (Å²) < 4.78 is 0. The highest BCUT2D eigenvalue weighted by Crippen LogP contribution is 2.44. The molecule has 2 unspecified atom stereocenters. The summed E-state index contributed by atoms with van der Waals surface area (Å²) in [5.41, 5.74) is 0.661. The number of hydrogen-bond donors (Lipinski definition) is 0. The molecule has 0 heterocycles. The molecule has 0 nitrogen and oxygen atoms in total. The van der Waals surface area contributed by atoms with Gasteiger partial charge in [0.05, 0.1) is 0 Å². The van der Waals surface area contributed by atoms with Crippen LogP contribution in [0.3, 0.4) is 0 Å². The smallest absolute Gasteiger partial charge is 0.0151 e. The topological polar surface area (TPSA) is 0 Å². The lowest BCUT2D eigenvalue weighted by Gasteiger charge is -2.23. The lowest BCUT2D eigenvalue weighted by molar-refractivity contribution is 0.295. The number of rotatable bonds is 11. The van der Waals surface area contributed by atoms with Crippen LogP contribution in [0.15, 0.2) is 0 Å². The highest BCUT2D eigenvalue weighted by Gasteiger charge is 2.32. The van der Waals surface area contributed by atoms with Gasteiger partial charge in [-0.1, -0.05) is 94.0 Å². The molecule has 0 N–H and O–H groups in total. The van der Waals surface area contributed by atoms with E-state index < -0.39 is 0 Å². The van der Waals surface area contributed by atoms with Gasteiger partial charge in [-0.15, -0.1) is 0 Å². The Kier molecular flexibility index (Phi) is 9.45. The Hall–Kier alpha value is 0.480. The molecule has 1 heteroatoms. The zero-order chi connectivity index (χ0) is 14.0. The van der Waals surface area contributed by atoms with Crippen LogP contribution in [0.1, 0.15) is 104 Å². The molecule has 0 aliphatic heterocycles. The number of unbranched alkanes of at least 4 members (excludes halogenated alkanes) is 9. The lowest BCUT2D eigenvalue weighted by atomic mass is 9.83. The lowest BCUT2D eigenvalue weighted by Crippen LogP contribution is -2.11. The Morgan fingerprint density at radius 3 is 1.89 bits per heavy atom. The zero-order valence-corrected chi connectivity index (χ0v) is 14.9. The minimum Gasteiger partial charge on any atom is -0.0890 e. The average Bonchev–Trinajstić information content (AvgIpc) is 2.72. The van der Waals surface area contributed by atoms with Crippen LogP contribution in [0, 0.1) is 5.41 Å². The molecule has 0 aromatic carbocycles. The zero-order valence-electron chi connectivity index (χ0n) is 13.4. The molecule has 0 spiro atoms. The van der Waals surface area contributed by atoms with Crippen molar-refractivity contribution in [3.8, 4) is 0 Å². The quantitative estimate of drug-likeness (QED) is 0.276. The fourth-order valence-electron chi connectivity index (χ4n) is 3.51. The summed E-state index contributed by atoms with van der Waals surface area (Å²) in [6.07, 6.45) is 20.3. The van der Waals surface area contributed by atoms with Gasteiger partial charge in [0.25, 0.3) is 0 Å². The van der Waals surface area contributed by atoms with E-state index in [0.717, 1.165) is 4.83 Å². The standard InChI is InChI=1S/C18H35Br/c1-3-4-5-6-7-8-9-10-11-12-14-18(2)15-13-17(19)16-18/h17H,3-16H2,1-2H3. The van der Waals surface area contributed by atoms with E-state index in [1.165, 1.54) is 89.9 Å². The van der Waals surface area contributed by atoms with Crippen molar-refractivity contribution in [2.75, 3.05) is 0 Å². The fraction of sp³-hybridized carbons (Fsp3) is 1.00. The van der Waals surface area contributed by atoms with Crippen molar-refractivity contribution in [1.82, 2.24) is 0 Å². The maximum absolute atomic E-state index is 3.78. The predicted octanol–water partition coefficient (Wildman–Crippen LogP) is 7.25.